The number of rotatable bonds is 9. The molecule has 1 heterocycles. The quantitative estimate of drug-likeness (QED) is 0.225. The molecular weight excluding hydrogens is 496 g/mol. The molecule has 1 aliphatic rings. The van der Waals surface area contributed by atoms with Crippen LogP contribution in [0.1, 0.15) is 26.3 Å². The van der Waals surface area contributed by atoms with Gasteiger partial charge in [0.1, 0.15) is 17.2 Å². The number of hydrogen-bond donors (Lipinski definition) is 0. The third-order valence-corrected chi connectivity index (χ3v) is 5.77. The fourth-order valence-corrected chi connectivity index (χ4v) is 3.90. The minimum Gasteiger partial charge on any atom is -0.496 e. The van der Waals surface area contributed by atoms with Crippen molar-refractivity contribution in [1.29, 1.82) is 0 Å². The van der Waals surface area contributed by atoms with Gasteiger partial charge in [-0.15, -0.1) is 0 Å². The number of methoxy groups -OCH3 is 6. The summed E-state index contributed by atoms with van der Waals surface area (Å²) >= 11 is 0. The number of ether oxygens (including phenoxy) is 8. The van der Waals surface area contributed by atoms with E-state index in [0.717, 1.165) is 0 Å². The van der Waals surface area contributed by atoms with Crippen LogP contribution in [0.2, 0.25) is 0 Å². The highest BCUT2D eigenvalue weighted by Gasteiger charge is 2.29. The summed E-state index contributed by atoms with van der Waals surface area (Å²) in [5, 5.41) is 0. The van der Waals surface area contributed by atoms with Crippen molar-refractivity contribution in [3.63, 3.8) is 0 Å². The van der Waals surface area contributed by atoms with Crippen molar-refractivity contribution in [2.75, 3.05) is 42.7 Å². The van der Waals surface area contributed by atoms with E-state index in [1.807, 2.05) is 0 Å². The Kier molecular flexibility index (Phi) is 7.61. The molecule has 0 radical (unpaired) electrons. The second-order valence-corrected chi connectivity index (χ2v) is 7.85. The Morgan fingerprint density at radius 1 is 0.711 bits per heavy atom. The Bertz CT molecular complexity index is 1400. The number of Topliss-reactive ketones (excluding diaryl/α,β-unsaturated/α-hetero) is 1. The van der Waals surface area contributed by atoms with E-state index in [9.17, 15) is 9.59 Å². The fourth-order valence-electron chi connectivity index (χ4n) is 3.90. The van der Waals surface area contributed by atoms with Crippen molar-refractivity contribution in [3.05, 3.63) is 64.9 Å². The number of benzene rings is 3. The summed E-state index contributed by atoms with van der Waals surface area (Å²) in [6.07, 6.45) is 1.55. The van der Waals surface area contributed by atoms with Gasteiger partial charge in [0.25, 0.3) is 0 Å². The molecule has 1 aliphatic heterocycles. The van der Waals surface area contributed by atoms with Crippen LogP contribution < -0.4 is 37.9 Å². The van der Waals surface area contributed by atoms with E-state index in [1.54, 1.807) is 18.2 Å². The number of allylic oxidation sites excluding steroid dienone is 1. The molecule has 4 rings (SSSR count). The minimum atomic E-state index is -0.667. The highest BCUT2D eigenvalue weighted by Crippen LogP contribution is 2.40. The van der Waals surface area contributed by atoms with Crippen molar-refractivity contribution in [1.82, 2.24) is 0 Å². The summed E-state index contributed by atoms with van der Waals surface area (Å²) in [6.45, 7) is 0. The van der Waals surface area contributed by atoms with Crippen molar-refractivity contribution >= 4 is 17.8 Å². The molecule has 0 atom stereocenters. The lowest BCUT2D eigenvalue weighted by Crippen LogP contribution is -2.09. The molecule has 0 aliphatic carbocycles. The second-order valence-electron chi connectivity index (χ2n) is 7.85. The second kappa shape index (κ2) is 11.0. The normalized spacial score (nSPS) is 12.9. The number of hydrogen-bond acceptors (Lipinski definition) is 10. The zero-order valence-corrected chi connectivity index (χ0v) is 21.7. The minimum absolute atomic E-state index is 0.0682. The monoisotopic (exact) mass is 522 g/mol. The lowest BCUT2D eigenvalue weighted by atomic mass is 10.1. The number of carbonyl (C=O) groups excluding carboxylic acids is 2. The predicted molar refractivity (Wildman–Crippen MR) is 137 cm³/mol. The Morgan fingerprint density at radius 2 is 1.32 bits per heavy atom. The Labute approximate surface area is 219 Å². The molecule has 0 N–H and O–H groups in total. The predicted octanol–water partition coefficient (Wildman–Crippen LogP) is 4.57. The van der Waals surface area contributed by atoms with Crippen molar-refractivity contribution < 1.29 is 47.5 Å². The molecule has 0 unspecified atom stereocenters. The Balaban J connectivity index is 1.60. The number of carbonyl (C=O) groups is 2. The molecule has 0 bridgehead atoms. The molecule has 0 spiro atoms. The smallest absolute Gasteiger partial charge is 0.343 e. The molecule has 198 valence electrons. The van der Waals surface area contributed by atoms with Crippen LogP contribution in [0.15, 0.2) is 48.2 Å². The van der Waals surface area contributed by atoms with Crippen LogP contribution in [0.25, 0.3) is 6.08 Å². The Morgan fingerprint density at radius 3 is 1.89 bits per heavy atom. The van der Waals surface area contributed by atoms with Gasteiger partial charge >= 0.3 is 5.97 Å². The molecule has 0 saturated heterocycles. The van der Waals surface area contributed by atoms with E-state index in [1.165, 1.54) is 73.0 Å². The molecule has 38 heavy (non-hydrogen) atoms. The zero-order valence-electron chi connectivity index (χ0n) is 21.7. The molecular formula is C28H26O10. The van der Waals surface area contributed by atoms with Crippen LogP contribution in [0.5, 0.6) is 46.0 Å². The highest BCUT2D eigenvalue weighted by atomic mass is 16.5. The summed E-state index contributed by atoms with van der Waals surface area (Å²) in [6, 6.07) is 10.8. The molecule has 0 saturated carbocycles. The van der Waals surface area contributed by atoms with Gasteiger partial charge in [-0.2, -0.15) is 0 Å². The van der Waals surface area contributed by atoms with Gasteiger partial charge in [-0.05, 0) is 36.4 Å². The van der Waals surface area contributed by atoms with Gasteiger partial charge in [0.2, 0.25) is 11.5 Å². The molecule has 10 nitrogen and oxygen atoms in total. The maximum Gasteiger partial charge on any atom is 0.343 e. The maximum atomic E-state index is 13.0. The van der Waals surface area contributed by atoms with E-state index in [-0.39, 0.29) is 28.6 Å². The maximum absolute atomic E-state index is 13.0. The highest BCUT2D eigenvalue weighted by molar-refractivity contribution is 6.14. The van der Waals surface area contributed by atoms with E-state index < -0.39 is 5.97 Å². The summed E-state index contributed by atoms with van der Waals surface area (Å²) in [4.78, 5) is 25.9. The van der Waals surface area contributed by atoms with Crippen molar-refractivity contribution in [2.45, 2.75) is 0 Å². The van der Waals surface area contributed by atoms with Crippen molar-refractivity contribution in [2.24, 2.45) is 0 Å². The average Bonchev–Trinajstić information content (AvgIpc) is 3.25. The third-order valence-electron chi connectivity index (χ3n) is 5.77. The topological polar surface area (TPSA) is 108 Å². The first-order chi connectivity index (χ1) is 18.4. The number of esters is 1. The largest absolute Gasteiger partial charge is 0.496 e. The molecule has 0 aromatic heterocycles. The standard InChI is InChI=1S/C28H26O10/c1-31-19-14-22(33-3)21(32-2)9-15(19)10-23-26(29)18-8-7-17(13-20(18)38-23)37-28(30)16-11-24(34-4)27(36-6)25(12-16)35-5/h7-14H,1-6H3/b23-10-. The first kappa shape index (κ1) is 26.2. The van der Waals surface area contributed by atoms with Crippen LogP contribution in [0.4, 0.5) is 0 Å². The van der Waals surface area contributed by atoms with Gasteiger partial charge in [-0.1, -0.05) is 0 Å². The van der Waals surface area contributed by atoms with Crippen LogP contribution in [0.3, 0.4) is 0 Å². The fraction of sp³-hybridized carbons (Fsp3) is 0.214. The summed E-state index contributed by atoms with van der Waals surface area (Å²) in [5.74, 6) is 1.86. The van der Waals surface area contributed by atoms with E-state index in [2.05, 4.69) is 0 Å². The first-order valence-electron chi connectivity index (χ1n) is 11.3. The van der Waals surface area contributed by atoms with Gasteiger partial charge in [0.15, 0.2) is 28.8 Å². The van der Waals surface area contributed by atoms with Gasteiger partial charge in [-0.3, -0.25) is 4.79 Å². The third kappa shape index (κ3) is 4.88. The van der Waals surface area contributed by atoms with Gasteiger partial charge < -0.3 is 37.9 Å². The summed E-state index contributed by atoms with van der Waals surface area (Å²) < 4.78 is 43.3. The van der Waals surface area contributed by atoms with Gasteiger partial charge in [0.05, 0.1) is 53.8 Å². The SMILES string of the molecule is COc1cc(OC)c(OC)cc1/C=C1\Oc2cc(OC(=O)c3cc(OC)c(OC)c(OC)c3)ccc2C1=O. The molecule has 3 aromatic rings. The van der Waals surface area contributed by atoms with E-state index in [4.69, 9.17) is 37.9 Å². The lowest BCUT2D eigenvalue weighted by molar-refractivity contribution is 0.0733. The Hall–Kier alpha value is -4.86. The zero-order chi connectivity index (χ0) is 27.4. The van der Waals surface area contributed by atoms with Gasteiger partial charge in [0, 0.05) is 17.7 Å². The van der Waals surface area contributed by atoms with E-state index in [0.29, 0.717) is 45.6 Å². The van der Waals surface area contributed by atoms with Crippen LogP contribution in [-0.4, -0.2) is 54.4 Å². The van der Waals surface area contributed by atoms with Gasteiger partial charge in [-0.25, -0.2) is 4.79 Å². The summed E-state index contributed by atoms with van der Waals surface area (Å²) in [5.41, 5.74) is 1.05. The van der Waals surface area contributed by atoms with E-state index >= 15 is 0 Å². The molecule has 3 aromatic carbocycles. The summed E-state index contributed by atoms with van der Waals surface area (Å²) in [7, 11) is 8.89. The molecule has 0 fully saturated rings. The van der Waals surface area contributed by atoms with Crippen LogP contribution in [-0.2, 0) is 0 Å². The van der Waals surface area contributed by atoms with Crippen molar-refractivity contribution in [3.8, 4) is 46.0 Å². The van der Waals surface area contributed by atoms with Crippen LogP contribution in [0, 0.1) is 0 Å². The first-order valence-corrected chi connectivity index (χ1v) is 11.3. The lowest BCUT2D eigenvalue weighted by Gasteiger charge is -2.13. The van der Waals surface area contributed by atoms with Crippen LogP contribution >= 0.6 is 0 Å². The average molecular weight is 523 g/mol. The number of fused-ring (bicyclic) bond motifs is 1. The number of ketones is 1. The molecule has 0 amide bonds. The molecule has 10 heteroatoms.